The number of rotatable bonds is 2. The fourth-order valence-electron chi connectivity index (χ4n) is 1.86. The maximum Gasteiger partial charge on any atom is 0.222 e. The minimum absolute atomic E-state index is 0.171. The van der Waals surface area contributed by atoms with Crippen molar-refractivity contribution in [3.05, 3.63) is 17.0 Å². The van der Waals surface area contributed by atoms with E-state index < -0.39 is 0 Å². The molecule has 0 unspecified atom stereocenters. The van der Waals surface area contributed by atoms with E-state index in [1.54, 1.807) is 0 Å². The number of hydrogen-bond donors (Lipinski definition) is 1. The molecule has 0 aromatic carbocycles. The van der Waals surface area contributed by atoms with Crippen LogP contribution in [-0.2, 0) is 24.3 Å². The van der Waals surface area contributed by atoms with Gasteiger partial charge in [0.05, 0.1) is 6.54 Å². The fraction of sp³-hybridized carbons (Fsp3) is 0.600. The van der Waals surface area contributed by atoms with Crippen molar-refractivity contribution in [1.29, 1.82) is 0 Å². The Morgan fingerprint density at radius 1 is 1.67 bits per heavy atom. The van der Waals surface area contributed by atoms with Crippen LogP contribution in [0.2, 0.25) is 0 Å². The van der Waals surface area contributed by atoms with Gasteiger partial charge in [-0.25, -0.2) is 0 Å². The second-order valence-electron chi connectivity index (χ2n) is 3.65. The molecule has 1 aliphatic heterocycles. The van der Waals surface area contributed by atoms with Crippen LogP contribution in [0.5, 0.6) is 0 Å². The summed E-state index contributed by atoms with van der Waals surface area (Å²) in [5, 5.41) is 3.90. The van der Waals surface area contributed by atoms with Crippen LogP contribution in [-0.4, -0.2) is 22.5 Å². The minimum Gasteiger partial charge on any atom is -0.361 e. The van der Waals surface area contributed by atoms with Gasteiger partial charge in [-0.1, -0.05) is 12.1 Å². The number of amides is 1. The predicted molar refractivity (Wildman–Crippen MR) is 53.8 cm³/mol. The second-order valence-corrected chi connectivity index (χ2v) is 3.65. The largest absolute Gasteiger partial charge is 0.361 e. The highest BCUT2D eigenvalue weighted by Crippen LogP contribution is 2.22. The quantitative estimate of drug-likeness (QED) is 0.766. The summed E-state index contributed by atoms with van der Waals surface area (Å²) >= 11 is 0. The Bertz CT molecular complexity index is 359. The van der Waals surface area contributed by atoms with Gasteiger partial charge in [0.1, 0.15) is 11.5 Å². The van der Waals surface area contributed by atoms with Gasteiger partial charge in [0, 0.05) is 31.5 Å². The van der Waals surface area contributed by atoms with Crippen molar-refractivity contribution in [2.24, 2.45) is 5.73 Å². The smallest absolute Gasteiger partial charge is 0.222 e. The molecule has 0 fully saturated rings. The van der Waals surface area contributed by atoms with Crippen molar-refractivity contribution in [1.82, 2.24) is 10.1 Å². The topological polar surface area (TPSA) is 72.4 Å². The molecular formula is C10H15N3O2. The van der Waals surface area contributed by atoms with E-state index in [1.165, 1.54) is 0 Å². The van der Waals surface area contributed by atoms with Gasteiger partial charge >= 0.3 is 0 Å². The van der Waals surface area contributed by atoms with E-state index in [1.807, 2.05) is 11.8 Å². The number of carbonyl (C=O) groups excluding carboxylic acids is 1. The van der Waals surface area contributed by atoms with Gasteiger partial charge in [-0.2, -0.15) is 0 Å². The number of nitrogens with zero attached hydrogens (tertiary/aromatic N) is 2. The Labute approximate surface area is 88.2 Å². The molecule has 1 amide bonds. The van der Waals surface area contributed by atoms with Gasteiger partial charge in [0.2, 0.25) is 5.91 Å². The van der Waals surface area contributed by atoms with Gasteiger partial charge in [-0.05, 0) is 0 Å². The highest BCUT2D eigenvalue weighted by molar-refractivity contribution is 5.76. The molecule has 0 saturated carbocycles. The Hall–Kier alpha value is -1.36. The van der Waals surface area contributed by atoms with E-state index in [-0.39, 0.29) is 5.91 Å². The molecule has 0 bridgehead atoms. The van der Waals surface area contributed by atoms with Crippen LogP contribution in [0.1, 0.15) is 30.4 Å². The van der Waals surface area contributed by atoms with Gasteiger partial charge in [0.15, 0.2) is 0 Å². The molecule has 1 aromatic rings. The number of carbonyl (C=O) groups is 1. The lowest BCUT2D eigenvalue weighted by Crippen LogP contribution is -2.35. The second kappa shape index (κ2) is 4.02. The summed E-state index contributed by atoms with van der Waals surface area (Å²) < 4.78 is 5.17. The summed E-state index contributed by atoms with van der Waals surface area (Å²) in [6.45, 7) is 3.55. The van der Waals surface area contributed by atoms with E-state index in [9.17, 15) is 4.79 Å². The molecule has 1 aliphatic rings. The van der Waals surface area contributed by atoms with Crippen molar-refractivity contribution in [2.75, 3.05) is 6.54 Å². The molecule has 0 aliphatic carbocycles. The number of fused-ring (bicyclic) bond motifs is 1. The van der Waals surface area contributed by atoms with Crippen molar-refractivity contribution < 1.29 is 9.32 Å². The number of hydrogen-bond acceptors (Lipinski definition) is 4. The summed E-state index contributed by atoms with van der Waals surface area (Å²) in [6, 6.07) is 0. The zero-order valence-corrected chi connectivity index (χ0v) is 8.82. The third-order valence-electron chi connectivity index (χ3n) is 2.76. The Balaban J connectivity index is 2.20. The van der Waals surface area contributed by atoms with Crippen LogP contribution in [0.3, 0.4) is 0 Å². The Kier molecular flexibility index (Phi) is 2.73. The summed E-state index contributed by atoms with van der Waals surface area (Å²) in [4.78, 5) is 13.4. The highest BCUT2D eigenvalue weighted by atomic mass is 16.5. The average Bonchev–Trinajstić information content (AvgIpc) is 2.69. The first-order valence-corrected chi connectivity index (χ1v) is 5.20. The van der Waals surface area contributed by atoms with E-state index in [2.05, 4.69) is 5.16 Å². The zero-order chi connectivity index (χ0) is 10.8. The SMILES string of the molecule is CCC(=O)N1CCc2onc(CN)c2C1. The third-order valence-corrected chi connectivity index (χ3v) is 2.76. The van der Waals surface area contributed by atoms with Crippen molar-refractivity contribution in [2.45, 2.75) is 32.9 Å². The molecule has 0 radical (unpaired) electrons. The lowest BCUT2D eigenvalue weighted by atomic mass is 10.1. The molecule has 5 heteroatoms. The number of aromatic nitrogens is 1. The van der Waals surface area contributed by atoms with Crippen molar-refractivity contribution in [3.8, 4) is 0 Å². The summed E-state index contributed by atoms with van der Waals surface area (Å²) in [5.41, 5.74) is 7.33. The zero-order valence-electron chi connectivity index (χ0n) is 8.82. The van der Waals surface area contributed by atoms with Gasteiger partial charge in [0.25, 0.3) is 0 Å². The van der Waals surface area contributed by atoms with E-state index in [0.29, 0.717) is 19.5 Å². The maximum atomic E-state index is 11.5. The molecule has 2 heterocycles. The van der Waals surface area contributed by atoms with Gasteiger partial charge in [-0.3, -0.25) is 4.79 Å². The predicted octanol–water partition coefficient (Wildman–Crippen LogP) is 0.428. The van der Waals surface area contributed by atoms with Crippen LogP contribution in [0.15, 0.2) is 4.52 Å². The van der Waals surface area contributed by atoms with Crippen molar-refractivity contribution in [3.63, 3.8) is 0 Å². The van der Waals surface area contributed by atoms with Crippen molar-refractivity contribution >= 4 is 5.91 Å². The molecule has 82 valence electrons. The van der Waals surface area contributed by atoms with Crippen LogP contribution >= 0.6 is 0 Å². The first kappa shape index (κ1) is 10.2. The number of nitrogens with two attached hydrogens (primary N) is 1. The van der Waals surface area contributed by atoms with Crippen LogP contribution in [0, 0.1) is 0 Å². The monoisotopic (exact) mass is 209 g/mol. The van der Waals surface area contributed by atoms with Crippen LogP contribution in [0.4, 0.5) is 0 Å². The lowest BCUT2D eigenvalue weighted by molar-refractivity contribution is -0.131. The Morgan fingerprint density at radius 3 is 3.13 bits per heavy atom. The first-order chi connectivity index (χ1) is 7.26. The molecule has 1 aromatic heterocycles. The molecule has 0 spiro atoms. The van der Waals surface area contributed by atoms with E-state index in [0.717, 1.165) is 30.0 Å². The molecule has 5 nitrogen and oxygen atoms in total. The molecule has 2 N–H and O–H groups in total. The molecule has 0 saturated heterocycles. The summed E-state index contributed by atoms with van der Waals surface area (Å²) in [5.74, 6) is 1.06. The standard InChI is InChI=1S/C10H15N3O2/c1-2-10(14)13-4-3-9-7(6-13)8(5-11)12-15-9/h2-6,11H2,1H3. The van der Waals surface area contributed by atoms with E-state index in [4.69, 9.17) is 10.3 Å². The molecular weight excluding hydrogens is 194 g/mol. The molecule has 2 rings (SSSR count). The average molecular weight is 209 g/mol. The summed E-state index contributed by atoms with van der Waals surface area (Å²) in [7, 11) is 0. The van der Waals surface area contributed by atoms with Crippen LogP contribution < -0.4 is 5.73 Å². The fourth-order valence-corrected chi connectivity index (χ4v) is 1.86. The van der Waals surface area contributed by atoms with Gasteiger partial charge in [-0.15, -0.1) is 0 Å². The molecule has 15 heavy (non-hydrogen) atoms. The normalized spacial score (nSPS) is 15.2. The maximum absolute atomic E-state index is 11.5. The third kappa shape index (κ3) is 1.74. The van der Waals surface area contributed by atoms with Gasteiger partial charge < -0.3 is 15.2 Å². The highest BCUT2D eigenvalue weighted by Gasteiger charge is 2.25. The van der Waals surface area contributed by atoms with Crippen LogP contribution in [0.25, 0.3) is 0 Å². The Morgan fingerprint density at radius 2 is 2.47 bits per heavy atom. The summed E-state index contributed by atoms with van der Waals surface area (Å²) in [6.07, 6.45) is 1.28. The molecule has 0 atom stereocenters. The first-order valence-electron chi connectivity index (χ1n) is 5.20. The van der Waals surface area contributed by atoms with E-state index >= 15 is 0 Å². The minimum atomic E-state index is 0.171. The lowest BCUT2D eigenvalue weighted by Gasteiger charge is -2.25.